The van der Waals surface area contributed by atoms with E-state index in [-0.39, 0.29) is 5.92 Å². The zero-order chi connectivity index (χ0) is 13.3. The molecule has 1 N–H and O–H groups in total. The molecule has 0 saturated carbocycles. The van der Waals surface area contributed by atoms with Gasteiger partial charge in [-0.2, -0.15) is 0 Å². The van der Waals surface area contributed by atoms with E-state index in [1.54, 1.807) is 6.07 Å². The third kappa shape index (κ3) is 2.10. The predicted molar refractivity (Wildman–Crippen MR) is 65.9 cm³/mol. The quantitative estimate of drug-likeness (QED) is 0.828. The van der Waals surface area contributed by atoms with Crippen molar-refractivity contribution in [1.82, 2.24) is 0 Å². The number of benzene rings is 1. The number of aliphatic carboxylic acids is 1. The fourth-order valence-electron chi connectivity index (χ4n) is 2.42. The van der Waals surface area contributed by atoms with Crippen LogP contribution in [-0.4, -0.2) is 23.5 Å². The summed E-state index contributed by atoms with van der Waals surface area (Å²) in [4.78, 5) is 22.8. The molecule has 96 valence electrons. The lowest BCUT2D eigenvalue weighted by molar-refractivity contribution is -0.150. The van der Waals surface area contributed by atoms with E-state index < -0.39 is 17.7 Å². The minimum absolute atomic E-state index is 0.0794. The second-order valence-corrected chi connectivity index (χ2v) is 4.83. The molecular weight excluding hydrogens is 232 g/mol. The van der Waals surface area contributed by atoms with Crippen molar-refractivity contribution in [3.8, 4) is 5.75 Å². The molecule has 1 unspecified atom stereocenters. The minimum Gasteiger partial charge on any atom is -0.493 e. The molecule has 0 aliphatic carbocycles. The highest BCUT2D eigenvalue weighted by Gasteiger charge is 2.33. The van der Waals surface area contributed by atoms with Crippen LogP contribution in [0.5, 0.6) is 5.75 Å². The number of carboxylic acid groups (broad SMARTS) is 1. The van der Waals surface area contributed by atoms with Gasteiger partial charge < -0.3 is 9.84 Å². The van der Waals surface area contributed by atoms with Crippen LogP contribution in [0.25, 0.3) is 0 Å². The van der Waals surface area contributed by atoms with E-state index in [9.17, 15) is 9.59 Å². The molecule has 1 aliphatic rings. The molecule has 0 radical (unpaired) electrons. The Morgan fingerprint density at radius 3 is 2.67 bits per heavy atom. The Bertz CT molecular complexity index is 491. The number of Topliss-reactive ketones (excluding diaryl/α,β-unsaturated/α-hetero) is 1. The number of carboxylic acids is 1. The van der Waals surface area contributed by atoms with E-state index in [4.69, 9.17) is 9.84 Å². The summed E-state index contributed by atoms with van der Waals surface area (Å²) < 4.78 is 5.55. The van der Waals surface area contributed by atoms with Crippen molar-refractivity contribution in [2.45, 2.75) is 26.2 Å². The van der Waals surface area contributed by atoms with E-state index >= 15 is 0 Å². The number of carbonyl (C=O) groups is 2. The molecule has 1 aliphatic heterocycles. The van der Waals surface area contributed by atoms with Crippen molar-refractivity contribution in [2.75, 3.05) is 6.61 Å². The van der Waals surface area contributed by atoms with Gasteiger partial charge in [0.25, 0.3) is 0 Å². The maximum atomic E-state index is 11.8. The lowest BCUT2D eigenvalue weighted by atomic mass is 9.83. The Kier molecular flexibility index (Phi) is 3.36. The maximum Gasteiger partial charge on any atom is 0.372 e. The number of hydrogen-bond donors (Lipinski definition) is 1. The van der Waals surface area contributed by atoms with Gasteiger partial charge in [-0.25, -0.2) is 4.79 Å². The molecule has 2 rings (SSSR count). The molecule has 0 aromatic heterocycles. The zero-order valence-corrected chi connectivity index (χ0v) is 10.5. The van der Waals surface area contributed by atoms with Gasteiger partial charge in [-0.3, -0.25) is 4.79 Å². The van der Waals surface area contributed by atoms with Crippen molar-refractivity contribution < 1.29 is 19.4 Å². The van der Waals surface area contributed by atoms with Crippen LogP contribution in [0, 0.1) is 5.92 Å². The van der Waals surface area contributed by atoms with E-state index in [0.29, 0.717) is 17.9 Å². The maximum absolute atomic E-state index is 11.8. The monoisotopic (exact) mass is 248 g/mol. The van der Waals surface area contributed by atoms with Gasteiger partial charge in [-0.15, -0.1) is 0 Å². The molecular formula is C14H16O4. The van der Waals surface area contributed by atoms with Crippen LogP contribution in [-0.2, 0) is 16.0 Å². The number of ether oxygens (including phenoxy) is 1. The average Bonchev–Trinajstić information content (AvgIpc) is 2.77. The SMILES string of the molecule is CC(C)C(C(=O)C(=O)O)c1cccc2c1OCC2. The number of rotatable bonds is 4. The first-order chi connectivity index (χ1) is 8.52. The summed E-state index contributed by atoms with van der Waals surface area (Å²) in [6.45, 7) is 4.29. The van der Waals surface area contributed by atoms with E-state index in [0.717, 1.165) is 12.0 Å². The highest BCUT2D eigenvalue weighted by Crippen LogP contribution is 2.37. The Hall–Kier alpha value is -1.84. The zero-order valence-electron chi connectivity index (χ0n) is 10.5. The standard InChI is InChI=1S/C14H16O4/c1-8(2)11(12(15)14(16)17)10-5-3-4-9-6-7-18-13(9)10/h3-5,8,11H,6-7H2,1-2H3,(H,16,17). The molecule has 1 heterocycles. The molecule has 18 heavy (non-hydrogen) atoms. The number of carbonyl (C=O) groups excluding carboxylic acids is 1. The summed E-state index contributed by atoms with van der Waals surface area (Å²) >= 11 is 0. The highest BCUT2D eigenvalue weighted by atomic mass is 16.5. The Morgan fingerprint density at radius 2 is 2.06 bits per heavy atom. The van der Waals surface area contributed by atoms with Crippen LogP contribution in [0.15, 0.2) is 18.2 Å². The molecule has 0 amide bonds. The second kappa shape index (κ2) is 4.80. The molecule has 0 bridgehead atoms. The summed E-state index contributed by atoms with van der Waals surface area (Å²) in [5, 5.41) is 8.92. The van der Waals surface area contributed by atoms with E-state index in [2.05, 4.69) is 0 Å². The topological polar surface area (TPSA) is 63.6 Å². The van der Waals surface area contributed by atoms with Crippen LogP contribution in [0.1, 0.15) is 30.9 Å². The molecule has 1 aromatic carbocycles. The van der Waals surface area contributed by atoms with Crippen LogP contribution < -0.4 is 4.74 Å². The number of hydrogen-bond acceptors (Lipinski definition) is 3. The van der Waals surface area contributed by atoms with Crippen molar-refractivity contribution >= 4 is 11.8 Å². The summed E-state index contributed by atoms with van der Waals surface area (Å²) in [7, 11) is 0. The summed E-state index contributed by atoms with van der Waals surface area (Å²) in [6, 6.07) is 5.59. The molecule has 1 atom stereocenters. The molecule has 0 fully saturated rings. The van der Waals surface area contributed by atoms with Gasteiger partial charge in [0.15, 0.2) is 0 Å². The Morgan fingerprint density at radius 1 is 1.33 bits per heavy atom. The van der Waals surface area contributed by atoms with Gasteiger partial charge in [0.05, 0.1) is 12.5 Å². The summed E-state index contributed by atoms with van der Waals surface area (Å²) in [5.41, 5.74) is 1.75. The average molecular weight is 248 g/mol. The van der Waals surface area contributed by atoms with E-state index in [1.807, 2.05) is 26.0 Å². The third-order valence-electron chi connectivity index (χ3n) is 3.24. The largest absolute Gasteiger partial charge is 0.493 e. The summed E-state index contributed by atoms with van der Waals surface area (Å²) in [5.74, 6) is -2.18. The molecule has 0 spiro atoms. The fourth-order valence-corrected chi connectivity index (χ4v) is 2.42. The van der Waals surface area contributed by atoms with Gasteiger partial charge in [0.1, 0.15) is 5.75 Å². The van der Waals surface area contributed by atoms with Crippen molar-refractivity contribution in [3.05, 3.63) is 29.3 Å². The molecule has 4 heteroatoms. The van der Waals surface area contributed by atoms with Crippen molar-refractivity contribution in [3.63, 3.8) is 0 Å². The van der Waals surface area contributed by atoms with Crippen LogP contribution in [0.2, 0.25) is 0 Å². The normalized spacial score (nSPS) is 15.1. The Labute approximate surface area is 106 Å². The lowest BCUT2D eigenvalue weighted by Crippen LogP contribution is -2.26. The van der Waals surface area contributed by atoms with Gasteiger partial charge in [0, 0.05) is 12.0 Å². The molecule has 0 saturated heterocycles. The minimum atomic E-state index is -1.38. The van der Waals surface area contributed by atoms with Gasteiger partial charge in [-0.05, 0) is 11.5 Å². The molecule has 1 aromatic rings. The first-order valence-corrected chi connectivity index (χ1v) is 6.04. The van der Waals surface area contributed by atoms with Crippen LogP contribution >= 0.6 is 0 Å². The predicted octanol–water partition coefficient (Wildman–Crippen LogP) is 2.01. The third-order valence-corrected chi connectivity index (χ3v) is 3.24. The first-order valence-electron chi connectivity index (χ1n) is 6.04. The Balaban J connectivity index is 2.47. The van der Waals surface area contributed by atoms with Gasteiger partial charge >= 0.3 is 5.97 Å². The highest BCUT2D eigenvalue weighted by molar-refractivity contribution is 6.35. The van der Waals surface area contributed by atoms with Gasteiger partial charge in [0.2, 0.25) is 5.78 Å². The number of ketones is 1. The van der Waals surface area contributed by atoms with E-state index in [1.165, 1.54) is 0 Å². The van der Waals surface area contributed by atoms with Gasteiger partial charge in [-0.1, -0.05) is 32.0 Å². The molecule has 4 nitrogen and oxygen atoms in total. The van der Waals surface area contributed by atoms with Crippen molar-refractivity contribution in [1.29, 1.82) is 0 Å². The fraction of sp³-hybridized carbons (Fsp3) is 0.429. The van der Waals surface area contributed by atoms with Crippen LogP contribution in [0.3, 0.4) is 0 Å². The smallest absolute Gasteiger partial charge is 0.372 e. The number of fused-ring (bicyclic) bond motifs is 1. The second-order valence-electron chi connectivity index (χ2n) is 4.83. The first kappa shape index (κ1) is 12.6. The summed E-state index contributed by atoms with van der Waals surface area (Å²) in [6.07, 6.45) is 0.815. The van der Waals surface area contributed by atoms with Crippen molar-refractivity contribution in [2.24, 2.45) is 5.92 Å². The lowest BCUT2D eigenvalue weighted by Gasteiger charge is -2.20. The van der Waals surface area contributed by atoms with Crippen LogP contribution in [0.4, 0.5) is 0 Å². The number of para-hydroxylation sites is 1.